The predicted octanol–water partition coefficient (Wildman–Crippen LogP) is 4.98. The minimum absolute atomic E-state index is 0.000967. The van der Waals surface area contributed by atoms with Crippen LogP contribution in [0.15, 0.2) is 96.8 Å². The lowest BCUT2D eigenvalue weighted by Gasteiger charge is -2.26. The Balaban J connectivity index is 1.84. The molecule has 0 radical (unpaired) electrons. The van der Waals surface area contributed by atoms with Crippen molar-refractivity contribution in [3.63, 3.8) is 0 Å². The van der Waals surface area contributed by atoms with Gasteiger partial charge in [0.25, 0.3) is 0 Å². The number of benzene rings is 3. The number of Topliss-reactive ketones (excluding diaryl/α,β-unsaturated/α-hetero) is 1. The number of hydrogen-bond donors (Lipinski definition) is 0. The molecule has 1 aliphatic heterocycles. The van der Waals surface area contributed by atoms with Crippen LogP contribution < -0.4 is 4.74 Å². The van der Waals surface area contributed by atoms with Crippen molar-refractivity contribution in [1.82, 2.24) is 0 Å². The topological polar surface area (TPSA) is 26.3 Å². The molecule has 1 unspecified atom stereocenters. The van der Waals surface area contributed by atoms with E-state index >= 15 is 0 Å². The Morgan fingerprint density at radius 3 is 2.12 bits per heavy atom. The number of fused-ring (bicyclic) bond motifs is 1. The SMILES string of the molecule is O=C(C1=COc2ccccc2C1c1ccccc1)c1ccccc1. The van der Waals surface area contributed by atoms with Crippen LogP contribution in [0.1, 0.15) is 27.4 Å². The van der Waals surface area contributed by atoms with E-state index in [1.165, 1.54) is 0 Å². The molecular formula is C22H16O2. The second-order valence-electron chi connectivity index (χ2n) is 5.77. The highest BCUT2D eigenvalue weighted by Gasteiger charge is 2.30. The Morgan fingerprint density at radius 2 is 1.38 bits per heavy atom. The molecular weight excluding hydrogens is 296 g/mol. The Kier molecular flexibility index (Phi) is 3.72. The summed E-state index contributed by atoms with van der Waals surface area (Å²) in [6.45, 7) is 0. The van der Waals surface area contributed by atoms with Crippen LogP contribution in [0.5, 0.6) is 5.75 Å². The van der Waals surface area contributed by atoms with Crippen LogP contribution in [0.4, 0.5) is 0 Å². The molecule has 3 aromatic rings. The molecule has 0 amide bonds. The van der Waals surface area contributed by atoms with Gasteiger partial charge in [-0.3, -0.25) is 4.79 Å². The zero-order valence-electron chi connectivity index (χ0n) is 13.1. The third-order valence-corrected chi connectivity index (χ3v) is 4.28. The molecule has 1 heterocycles. The number of hydrogen-bond acceptors (Lipinski definition) is 2. The lowest BCUT2D eigenvalue weighted by atomic mass is 9.81. The lowest BCUT2D eigenvalue weighted by Crippen LogP contribution is -2.18. The number of carbonyl (C=O) groups excluding carboxylic acids is 1. The second kappa shape index (κ2) is 6.17. The summed E-state index contributed by atoms with van der Waals surface area (Å²) in [5.74, 6) is 0.679. The molecule has 24 heavy (non-hydrogen) atoms. The van der Waals surface area contributed by atoms with Gasteiger partial charge < -0.3 is 4.74 Å². The Morgan fingerprint density at radius 1 is 0.750 bits per heavy atom. The van der Waals surface area contributed by atoms with Crippen LogP contribution in [0.2, 0.25) is 0 Å². The first-order valence-corrected chi connectivity index (χ1v) is 7.95. The van der Waals surface area contributed by atoms with E-state index in [9.17, 15) is 4.79 Å². The average molecular weight is 312 g/mol. The zero-order chi connectivity index (χ0) is 16.4. The minimum Gasteiger partial charge on any atom is -0.464 e. The summed E-state index contributed by atoms with van der Waals surface area (Å²) in [5.41, 5.74) is 3.44. The van der Waals surface area contributed by atoms with Gasteiger partial charge in [0.1, 0.15) is 5.75 Å². The third kappa shape index (κ3) is 2.52. The number of carbonyl (C=O) groups is 1. The van der Waals surface area contributed by atoms with Crippen LogP contribution in [-0.2, 0) is 0 Å². The Bertz CT molecular complexity index is 896. The predicted molar refractivity (Wildman–Crippen MR) is 94.2 cm³/mol. The summed E-state index contributed by atoms with van der Waals surface area (Å²) in [4.78, 5) is 13.0. The zero-order valence-corrected chi connectivity index (χ0v) is 13.1. The molecule has 4 rings (SSSR count). The minimum atomic E-state index is -0.121. The molecule has 0 saturated heterocycles. The van der Waals surface area contributed by atoms with E-state index in [1.54, 1.807) is 6.26 Å². The van der Waals surface area contributed by atoms with Gasteiger partial charge in [0.15, 0.2) is 5.78 Å². The molecule has 0 N–H and O–H groups in total. The molecule has 0 fully saturated rings. The van der Waals surface area contributed by atoms with Gasteiger partial charge in [-0.2, -0.15) is 0 Å². The molecule has 2 heteroatoms. The van der Waals surface area contributed by atoms with E-state index < -0.39 is 0 Å². The summed E-state index contributed by atoms with van der Waals surface area (Å²) in [6, 6.07) is 27.3. The number of rotatable bonds is 3. The summed E-state index contributed by atoms with van der Waals surface area (Å²) >= 11 is 0. The van der Waals surface area contributed by atoms with Crippen molar-refractivity contribution >= 4 is 5.78 Å². The van der Waals surface area contributed by atoms with Crippen molar-refractivity contribution < 1.29 is 9.53 Å². The van der Waals surface area contributed by atoms with E-state index in [1.807, 2.05) is 72.8 Å². The summed E-state index contributed by atoms with van der Waals surface area (Å²) < 4.78 is 5.75. The molecule has 0 bridgehead atoms. The molecule has 0 aromatic heterocycles. The number of ketones is 1. The number of para-hydroxylation sites is 1. The largest absolute Gasteiger partial charge is 0.464 e. The van der Waals surface area contributed by atoms with Crippen molar-refractivity contribution in [3.05, 3.63) is 113 Å². The smallest absolute Gasteiger partial charge is 0.193 e. The second-order valence-corrected chi connectivity index (χ2v) is 5.77. The van der Waals surface area contributed by atoms with E-state index in [4.69, 9.17) is 4.74 Å². The van der Waals surface area contributed by atoms with Gasteiger partial charge in [-0.25, -0.2) is 0 Å². The van der Waals surface area contributed by atoms with Crippen LogP contribution in [0, 0.1) is 0 Å². The van der Waals surface area contributed by atoms with Crippen molar-refractivity contribution in [3.8, 4) is 5.75 Å². The van der Waals surface area contributed by atoms with Gasteiger partial charge in [0.05, 0.1) is 6.26 Å². The van der Waals surface area contributed by atoms with Gasteiger partial charge in [-0.1, -0.05) is 78.9 Å². The molecule has 1 aliphatic rings. The van der Waals surface area contributed by atoms with Crippen LogP contribution >= 0.6 is 0 Å². The molecule has 0 saturated carbocycles. The fourth-order valence-corrected chi connectivity index (χ4v) is 3.13. The molecule has 116 valence electrons. The Labute approximate surface area is 141 Å². The van der Waals surface area contributed by atoms with Crippen molar-refractivity contribution in [2.75, 3.05) is 0 Å². The summed E-state index contributed by atoms with van der Waals surface area (Å²) in [7, 11) is 0. The fraction of sp³-hybridized carbons (Fsp3) is 0.0455. The molecule has 0 aliphatic carbocycles. The maximum Gasteiger partial charge on any atom is 0.193 e. The van der Waals surface area contributed by atoms with Crippen molar-refractivity contribution in [1.29, 1.82) is 0 Å². The highest BCUT2D eigenvalue weighted by atomic mass is 16.5. The summed E-state index contributed by atoms with van der Waals surface area (Å²) in [6.07, 6.45) is 1.61. The first kappa shape index (κ1) is 14.5. The standard InChI is InChI=1S/C22H16O2/c23-22(17-11-5-2-6-12-17)19-15-24-20-14-8-7-13-18(20)21(19)16-9-3-1-4-10-16/h1-15,21H. The molecule has 1 atom stereocenters. The Hall–Kier alpha value is -3.13. The third-order valence-electron chi connectivity index (χ3n) is 4.28. The monoisotopic (exact) mass is 312 g/mol. The van der Waals surface area contributed by atoms with E-state index in [0.29, 0.717) is 11.1 Å². The molecule has 2 nitrogen and oxygen atoms in total. The number of allylic oxidation sites excluding steroid dienone is 1. The van der Waals surface area contributed by atoms with Gasteiger partial charge in [0, 0.05) is 22.6 Å². The highest BCUT2D eigenvalue weighted by Crippen LogP contribution is 2.41. The fourth-order valence-electron chi connectivity index (χ4n) is 3.13. The van der Waals surface area contributed by atoms with Gasteiger partial charge in [-0.05, 0) is 11.6 Å². The van der Waals surface area contributed by atoms with Crippen molar-refractivity contribution in [2.45, 2.75) is 5.92 Å². The lowest BCUT2D eigenvalue weighted by molar-refractivity contribution is 0.102. The molecule has 3 aromatic carbocycles. The maximum absolute atomic E-state index is 13.0. The molecule has 0 spiro atoms. The van der Waals surface area contributed by atoms with Crippen molar-refractivity contribution in [2.24, 2.45) is 0 Å². The summed E-state index contributed by atoms with van der Waals surface area (Å²) in [5, 5.41) is 0. The van der Waals surface area contributed by atoms with Gasteiger partial charge >= 0.3 is 0 Å². The highest BCUT2D eigenvalue weighted by molar-refractivity contribution is 6.10. The van der Waals surface area contributed by atoms with Crippen LogP contribution in [0.3, 0.4) is 0 Å². The average Bonchev–Trinajstić information content (AvgIpc) is 2.68. The first-order chi connectivity index (χ1) is 11.8. The van der Waals surface area contributed by atoms with E-state index in [2.05, 4.69) is 12.1 Å². The normalized spacial score (nSPS) is 15.8. The maximum atomic E-state index is 13.0. The van der Waals surface area contributed by atoms with E-state index in [0.717, 1.165) is 16.9 Å². The van der Waals surface area contributed by atoms with Crippen LogP contribution in [0.25, 0.3) is 0 Å². The van der Waals surface area contributed by atoms with E-state index in [-0.39, 0.29) is 11.7 Å². The van der Waals surface area contributed by atoms with Crippen LogP contribution in [-0.4, -0.2) is 5.78 Å². The quantitative estimate of drug-likeness (QED) is 0.638. The van der Waals surface area contributed by atoms with Gasteiger partial charge in [0.2, 0.25) is 0 Å². The number of ether oxygens (including phenoxy) is 1. The van der Waals surface area contributed by atoms with Gasteiger partial charge in [-0.15, -0.1) is 0 Å². The first-order valence-electron chi connectivity index (χ1n) is 7.95.